The third-order valence-corrected chi connectivity index (χ3v) is 2.80. The molecule has 1 N–H and O–H groups in total. The molecule has 0 aliphatic heterocycles. The zero-order chi connectivity index (χ0) is 15.2. The molecular formula is C15H17N3O3. The molecule has 6 nitrogen and oxygen atoms in total. The lowest BCUT2D eigenvalue weighted by Crippen LogP contribution is -2.16. The molecule has 0 saturated heterocycles. The second-order valence-corrected chi connectivity index (χ2v) is 4.49. The van der Waals surface area contributed by atoms with Crippen molar-refractivity contribution in [2.24, 2.45) is 0 Å². The number of nitrogens with zero attached hydrogens (tertiary/aromatic N) is 2. The molecule has 1 amide bonds. The summed E-state index contributed by atoms with van der Waals surface area (Å²) in [4.78, 5) is 20.1. The van der Waals surface area contributed by atoms with Gasteiger partial charge < -0.3 is 9.47 Å². The van der Waals surface area contributed by atoms with Crippen LogP contribution in [0, 0.1) is 6.92 Å². The van der Waals surface area contributed by atoms with Gasteiger partial charge in [0.25, 0.3) is 0 Å². The van der Waals surface area contributed by atoms with E-state index in [1.54, 1.807) is 0 Å². The van der Waals surface area contributed by atoms with E-state index in [-0.39, 0.29) is 18.3 Å². The lowest BCUT2D eigenvalue weighted by Gasteiger charge is -2.08. The van der Waals surface area contributed by atoms with Gasteiger partial charge >= 0.3 is 0 Å². The Hall–Kier alpha value is -2.63. The highest BCUT2D eigenvalue weighted by atomic mass is 16.5. The van der Waals surface area contributed by atoms with Crippen LogP contribution in [0.4, 0.5) is 5.95 Å². The first kappa shape index (κ1) is 14.8. The van der Waals surface area contributed by atoms with Crippen LogP contribution in [0.25, 0.3) is 0 Å². The summed E-state index contributed by atoms with van der Waals surface area (Å²) in [5.41, 5.74) is 2.04. The van der Waals surface area contributed by atoms with Crippen LogP contribution in [0.3, 0.4) is 0 Å². The summed E-state index contributed by atoms with van der Waals surface area (Å²) in [7, 11) is 2.97. The molecule has 21 heavy (non-hydrogen) atoms. The van der Waals surface area contributed by atoms with Crippen LogP contribution >= 0.6 is 0 Å². The summed E-state index contributed by atoms with van der Waals surface area (Å²) < 4.78 is 10.1. The minimum Gasteiger partial charge on any atom is -0.481 e. The van der Waals surface area contributed by atoms with E-state index >= 15 is 0 Å². The monoisotopic (exact) mass is 287 g/mol. The van der Waals surface area contributed by atoms with Crippen molar-refractivity contribution in [2.75, 3.05) is 19.5 Å². The highest BCUT2D eigenvalue weighted by Crippen LogP contribution is 2.17. The maximum absolute atomic E-state index is 12.0. The largest absolute Gasteiger partial charge is 0.481 e. The third-order valence-electron chi connectivity index (χ3n) is 2.80. The van der Waals surface area contributed by atoms with E-state index in [1.165, 1.54) is 20.3 Å². The van der Waals surface area contributed by atoms with Crippen molar-refractivity contribution in [3.8, 4) is 11.8 Å². The first-order valence-corrected chi connectivity index (χ1v) is 6.43. The van der Waals surface area contributed by atoms with Crippen LogP contribution in [0.1, 0.15) is 11.1 Å². The molecule has 0 radical (unpaired) electrons. The second-order valence-electron chi connectivity index (χ2n) is 4.49. The van der Waals surface area contributed by atoms with Gasteiger partial charge in [0.1, 0.15) is 0 Å². The minimum absolute atomic E-state index is 0.156. The number of benzene rings is 1. The zero-order valence-electron chi connectivity index (χ0n) is 12.2. The van der Waals surface area contributed by atoms with E-state index in [0.717, 1.165) is 11.1 Å². The number of amides is 1. The second kappa shape index (κ2) is 6.69. The van der Waals surface area contributed by atoms with Crippen molar-refractivity contribution in [1.82, 2.24) is 9.97 Å². The average molecular weight is 287 g/mol. The van der Waals surface area contributed by atoms with Crippen LogP contribution in [-0.4, -0.2) is 30.1 Å². The summed E-state index contributed by atoms with van der Waals surface area (Å²) in [5.74, 6) is 0.611. The molecule has 0 atom stereocenters. The number of hydrogen-bond acceptors (Lipinski definition) is 5. The van der Waals surface area contributed by atoms with Crippen molar-refractivity contribution in [2.45, 2.75) is 13.3 Å². The fourth-order valence-corrected chi connectivity index (χ4v) is 1.85. The first-order chi connectivity index (χ1) is 10.1. The summed E-state index contributed by atoms with van der Waals surface area (Å²) in [6, 6.07) is 9.31. The third kappa shape index (κ3) is 4.17. The molecule has 0 fully saturated rings. The van der Waals surface area contributed by atoms with Crippen LogP contribution in [-0.2, 0) is 11.2 Å². The van der Waals surface area contributed by atoms with E-state index in [2.05, 4.69) is 15.3 Å². The number of aryl methyl sites for hydroxylation is 1. The highest BCUT2D eigenvalue weighted by Gasteiger charge is 2.09. The number of methoxy groups -OCH3 is 2. The number of carbonyl (C=O) groups is 1. The van der Waals surface area contributed by atoms with Crippen LogP contribution in [0.15, 0.2) is 30.3 Å². The predicted molar refractivity (Wildman–Crippen MR) is 78.6 cm³/mol. The van der Waals surface area contributed by atoms with Gasteiger partial charge in [-0.3, -0.25) is 10.1 Å². The Kier molecular flexibility index (Phi) is 4.71. The van der Waals surface area contributed by atoms with E-state index in [4.69, 9.17) is 9.47 Å². The van der Waals surface area contributed by atoms with Crippen LogP contribution < -0.4 is 14.8 Å². The molecule has 2 rings (SSSR count). The smallest absolute Gasteiger partial charge is 0.236 e. The quantitative estimate of drug-likeness (QED) is 0.910. The van der Waals surface area contributed by atoms with Gasteiger partial charge in [-0.15, -0.1) is 0 Å². The molecule has 0 saturated carbocycles. The molecule has 2 aromatic rings. The Labute approximate surface area is 123 Å². The van der Waals surface area contributed by atoms with Gasteiger partial charge in [-0.25, -0.2) is 0 Å². The SMILES string of the molecule is COc1cc(OC)nc(NC(=O)Cc2cccc(C)c2)n1. The number of nitrogens with one attached hydrogen (secondary N) is 1. The van der Waals surface area contributed by atoms with E-state index in [9.17, 15) is 4.79 Å². The van der Waals surface area contributed by atoms with Crippen molar-refractivity contribution >= 4 is 11.9 Å². The molecule has 110 valence electrons. The predicted octanol–water partition coefficient (Wildman–Crippen LogP) is 1.98. The summed E-state index contributed by atoms with van der Waals surface area (Å²) in [6.07, 6.45) is 0.255. The van der Waals surface area contributed by atoms with Crippen LogP contribution in [0.2, 0.25) is 0 Å². The van der Waals surface area contributed by atoms with Crippen molar-refractivity contribution < 1.29 is 14.3 Å². The van der Waals surface area contributed by atoms with E-state index < -0.39 is 0 Å². The zero-order valence-corrected chi connectivity index (χ0v) is 12.2. The fraction of sp³-hybridized carbons (Fsp3) is 0.267. The molecule has 0 aliphatic carbocycles. The number of ether oxygens (including phenoxy) is 2. The van der Waals surface area contributed by atoms with Crippen LogP contribution in [0.5, 0.6) is 11.8 Å². The molecule has 1 aromatic carbocycles. The van der Waals surface area contributed by atoms with Gasteiger partial charge in [0, 0.05) is 0 Å². The summed E-state index contributed by atoms with van der Waals surface area (Å²) >= 11 is 0. The molecule has 6 heteroatoms. The lowest BCUT2D eigenvalue weighted by atomic mass is 10.1. The standard InChI is InChI=1S/C15H17N3O3/c1-10-5-4-6-11(7-10)8-12(19)16-15-17-13(20-2)9-14(18-15)21-3/h4-7,9H,8H2,1-3H3,(H,16,17,18,19). The normalized spacial score (nSPS) is 10.0. The Morgan fingerprint density at radius 1 is 1.14 bits per heavy atom. The topological polar surface area (TPSA) is 73.3 Å². The van der Waals surface area contributed by atoms with E-state index in [1.807, 2.05) is 31.2 Å². The Morgan fingerprint density at radius 2 is 1.81 bits per heavy atom. The summed E-state index contributed by atoms with van der Waals surface area (Å²) in [6.45, 7) is 1.98. The Balaban J connectivity index is 2.08. The number of hydrogen-bond donors (Lipinski definition) is 1. The van der Waals surface area contributed by atoms with Gasteiger partial charge in [0.15, 0.2) is 0 Å². The molecular weight excluding hydrogens is 270 g/mol. The maximum atomic E-state index is 12.0. The number of rotatable bonds is 5. The van der Waals surface area contributed by atoms with Gasteiger partial charge in [-0.1, -0.05) is 29.8 Å². The maximum Gasteiger partial charge on any atom is 0.236 e. The number of aromatic nitrogens is 2. The molecule has 1 heterocycles. The number of anilines is 1. The van der Waals surface area contributed by atoms with Crippen molar-refractivity contribution in [3.63, 3.8) is 0 Å². The molecule has 0 unspecified atom stereocenters. The van der Waals surface area contributed by atoms with Gasteiger partial charge in [0.05, 0.1) is 26.7 Å². The molecule has 0 spiro atoms. The van der Waals surface area contributed by atoms with Crippen molar-refractivity contribution in [1.29, 1.82) is 0 Å². The molecule has 0 aliphatic rings. The average Bonchev–Trinajstić information content (AvgIpc) is 2.46. The molecule has 0 bridgehead atoms. The van der Waals surface area contributed by atoms with Gasteiger partial charge in [-0.2, -0.15) is 9.97 Å². The Bertz CT molecular complexity index is 622. The van der Waals surface area contributed by atoms with Gasteiger partial charge in [-0.05, 0) is 12.5 Å². The first-order valence-electron chi connectivity index (χ1n) is 6.43. The summed E-state index contributed by atoms with van der Waals surface area (Å²) in [5, 5.41) is 2.64. The Morgan fingerprint density at radius 3 is 2.38 bits per heavy atom. The van der Waals surface area contributed by atoms with E-state index in [0.29, 0.717) is 11.8 Å². The van der Waals surface area contributed by atoms with Crippen molar-refractivity contribution in [3.05, 3.63) is 41.5 Å². The highest BCUT2D eigenvalue weighted by molar-refractivity contribution is 5.90. The molecule has 1 aromatic heterocycles. The van der Waals surface area contributed by atoms with Gasteiger partial charge in [0.2, 0.25) is 23.6 Å². The number of carbonyl (C=O) groups excluding carboxylic acids is 1. The fourth-order valence-electron chi connectivity index (χ4n) is 1.85. The minimum atomic E-state index is -0.198. The lowest BCUT2D eigenvalue weighted by molar-refractivity contribution is -0.115.